The summed E-state index contributed by atoms with van der Waals surface area (Å²) in [6, 6.07) is 6.30. The van der Waals surface area contributed by atoms with E-state index < -0.39 is 17.6 Å². The summed E-state index contributed by atoms with van der Waals surface area (Å²) in [6.07, 6.45) is -4.64. The Kier molecular flexibility index (Phi) is 3.41. The van der Waals surface area contributed by atoms with Gasteiger partial charge in [0.2, 0.25) is 0 Å². The smallest absolute Gasteiger partial charge is 0.453 e. The molecule has 0 atom stereocenters. The van der Waals surface area contributed by atoms with Crippen LogP contribution in [0.25, 0.3) is 5.69 Å². The first-order valence-electron chi connectivity index (χ1n) is 5.82. The van der Waals surface area contributed by atoms with Crippen LogP contribution in [-0.4, -0.2) is 25.8 Å². The molecular formula is C12H13F3N4O. The normalized spacial score (nSPS) is 12.5. The van der Waals surface area contributed by atoms with E-state index in [2.05, 4.69) is 15.5 Å². The van der Waals surface area contributed by atoms with Gasteiger partial charge in [-0.25, -0.2) is 0 Å². The lowest BCUT2D eigenvalue weighted by Gasteiger charge is -2.23. The first-order valence-corrected chi connectivity index (χ1v) is 5.82. The van der Waals surface area contributed by atoms with E-state index in [9.17, 15) is 13.2 Å². The van der Waals surface area contributed by atoms with E-state index in [0.29, 0.717) is 4.68 Å². The monoisotopic (exact) mass is 286 g/mol. The zero-order valence-corrected chi connectivity index (χ0v) is 11.1. The quantitative estimate of drug-likeness (QED) is 0.851. The number of nitrogens with zero attached hydrogens (tertiary/aromatic N) is 4. The molecule has 1 heterocycles. The molecule has 2 rings (SSSR count). The topological polar surface area (TPSA) is 52.8 Å². The van der Waals surface area contributed by atoms with Crippen LogP contribution >= 0.6 is 0 Å². The van der Waals surface area contributed by atoms with Crippen molar-refractivity contribution >= 4 is 0 Å². The Morgan fingerprint density at radius 3 is 2.35 bits per heavy atom. The van der Waals surface area contributed by atoms with E-state index in [1.165, 1.54) is 6.07 Å². The van der Waals surface area contributed by atoms with E-state index in [-0.39, 0.29) is 11.4 Å². The number of halogens is 3. The van der Waals surface area contributed by atoms with Crippen LogP contribution in [0.5, 0.6) is 5.75 Å². The summed E-state index contributed by atoms with van der Waals surface area (Å²) < 4.78 is 44.8. The molecule has 2 aromatic rings. The van der Waals surface area contributed by atoms with Crippen molar-refractivity contribution in [2.75, 3.05) is 0 Å². The average molecular weight is 286 g/mol. The molecule has 1 aromatic carbocycles. The summed E-state index contributed by atoms with van der Waals surface area (Å²) in [5.74, 6) is -0.916. The molecule has 0 aliphatic carbocycles. The number of benzene rings is 1. The number of ether oxygens (including phenoxy) is 1. The molecule has 0 amide bonds. The Labute approximate surface area is 113 Å². The van der Waals surface area contributed by atoms with E-state index in [0.717, 1.165) is 0 Å². The molecular weight excluding hydrogens is 273 g/mol. The van der Waals surface area contributed by atoms with E-state index in [1.807, 2.05) is 0 Å². The van der Waals surface area contributed by atoms with Gasteiger partial charge < -0.3 is 4.74 Å². The maximum absolute atomic E-state index is 12.8. The van der Waals surface area contributed by atoms with E-state index >= 15 is 0 Å². The highest BCUT2D eigenvalue weighted by molar-refractivity contribution is 5.46. The van der Waals surface area contributed by atoms with Gasteiger partial charge in [0.1, 0.15) is 17.0 Å². The molecule has 0 fully saturated rings. The fourth-order valence-electron chi connectivity index (χ4n) is 1.57. The van der Waals surface area contributed by atoms with Crippen molar-refractivity contribution in [1.29, 1.82) is 0 Å². The lowest BCUT2D eigenvalue weighted by molar-refractivity contribution is -0.146. The predicted molar refractivity (Wildman–Crippen MR) is 64.5 cm³/mol. The number of para-hydroxylation sites is 2. The molecule has 0 N–H and O–H groups in total. The summed E-state index contributed by atoms with van der Waals surface area (Å²) >= 11 is 0. The van der Waals surface area contributed by atoms with Crippen LogP contribution in [0.3, 0.4) is 0 Å². The van der Waals surface area contributed by atoms with Gasteiger partial charge in [0.25, 0.3) is 5.82 Å². The Hall–Kier alpha value is -2.12. The number of tetrazole rings is 1. The number of hydrogen-bond donors (Lipinski definition) is 0. The van der Waals surface area contributed by atoms with Crippen molar-refractivity contribution in [2.45, 2.75) is 32.5 Å². The molecule has 8 heteroatoms. The Morgan fingerprint density at radius 1 is 1.10 bits per heavy atom. The minimum absolute atomic E-state index is 0.139. The lowest BCUT2D eigenvalue weighted by atomic mass is 10.2. The van der Waals surface area contributed by atoms with E-state index in [4.69, 9.17) is 4.74 Å². The molecule has 0 saturated heterocycles. The second-order valence-corrected chi connectivity index (χ2v) is 5.09. The van der Waals surface area contributed by atoms with Gasteiger partial charge in [-0.2, -0.15) is 17.9 Å². The molecule has 0 bridgehead atoms. The van der Waals surface area contributed by atoms with Gasteiger partial charge in [0.05, 0.1) is 0 Å². The van der Waals surface area contributed by atoms with Crippen molar-refractivity contribution < 1.29 is 17.9 Å². The van der Waals surface area contributed by atoms with Crippen LogP contribution in [0.2, 0.25) is 0 Å². The third-order valence-electron chi connectivity index (χ3n) is 2.23. The van der Waals surface area contributed by atoms with Crippen molar-refractivity contribution in [3.05, 3.63) is 30.1 Å². The van der Waals surface area contributed by atoms with Crippen molar-refractivity contribution in [1.82, 2.24) is 20.2 Å². The third-order valence-corrected chi connectivity index (χ3v) is 2.23. The molecule has 5 nitrogen and oxygen atoms in total. The van der Waals surface area contributed by atoms with Crippen LogP contribution in [0, 0.1) is 0 Å². The fraction of sp³-hybridized carbons (Fsp3) is 0.417. The Balaban J connectivity index is 2.52. The minimum atomic E-state index is -4.64. The molecule has 0 spiro atoms. The van der Waals surface area contributed by atoms with Crippen LogP contribution in [-0.2, 0) is 6.18 Å². The molecule has 0 radical (unpaired) electrons. The number of rotatable bonds is 2. The zero-order valence-electron chi connectivity index (χ0n) is 11.1. The first kappa shape index (κ1) is 14.3. The standard InChI is InChI=1S/C12H13F3N4O/c1-11(2,3)20-9-7-5-4-6-8(9)19-10(12(13,14)15)16-17-18-19/h4-7H,1-3H3. The van der Waals surface area contributed by atoms with Gasteiger partial charge in [-0.3, -0.25) is 0 Å². The van der Waals surface area contributed by atoms with Crippen LogP contribution < -0.4 is 4.74 Å². The minimum Gasteiger partial charge on any atom is -0.486 e. The SMILES string of the molecule is CC(C)(C)Oc1ccccc1-n1nnnc1C(F)(F)F. The Bertz CT molecular complexity index is 601. The summed E-state index contributed by atoms with van der Waals surface area (Å²) in [4.78, 5) is 0. The van der Waals surface area contributed by atoms with Crippen molar-refractivity contribution in [2.24, 2.45) is 0 Å². The second kappa shape index (κ2) is 4.77. The summed E-state index contributed by atoms with van der Waals surface area (Å²) in [5, 5.41) is 9.51. The van der Waals surface area contributed by atoms with Gasteiger partial charge in [-0.15, -0.1) is 5.10 Å². The molecule has 20 heavy (non-hydrogen) atoms. The molecule has 1 aromatic heterocycles. The van der Waals surface area contributed by atoms with Crippen LogP contribution in [0.4, 0.5) is 13.2 Å². The van der Waals surface area contributed by atoms with Gasteiger partial charge in [-0.05, 0) is 43.3 Å². The van der Waals surface area contributed by atoms with Crippen molar-refractivity contribution in [3.63, 3.8) is 0 Å². The average Bonchev–Trinajstić information content (AvgIpc) is 2.76. The van der Waals surface area contributed by atoms with E-state index in [1.54, 1.807) is 39.0 Å². The first-order chi connectivity index (χ1) is 9.18. The van der Waals surface area contributed by atoms with Gasteiger partial charge in [0.15, 0.2) is 0 Å². The fourth-order valence-corrected chi connectivity index (χ4v) is 1.57. The maximum Gasteiger partial charge on any atom is 0.453 e. The second-order valence-electron chi connectivity index (χ2n) is 5.09. The molecule has 0 saturated carbocycles. The molecule has 0 unspecified atom stereocenters. The van der Waals surface area contributed by atoms with Gasteiger partial charge in [0, 0.05) is 0 Å². The Morgan fingerprint density at radius 2 is 1.75 bits per heavy atom. The summed E-state index contributed by atoms with van der Waals surface area (Å²) in [6.45, 7) is 5.40. The van der Waals surface area contributed by atoms with Gasteiger partial charge >= 0.3 is 6.18 Å². The predicted octanol–water partition coefficient (Wildman–Crippen LogP) is 2.86. The molecule has 0 aliphatic rings. The number of aromatic nitrogens is 4. The molecule has 0 aliphatic heterocycles. The summed E-state index contributed by atoms with van der Waals surface area (Å²) in [7, 11) is 0. The third kappa shape index (κ3) is 3.06. The molecule has 108 valence electrons. The largest absolute Gasteiger partial charge is 0.486 e. The van der Waals surface area contributed by atoms with Gasteiger partial charge in [-0.1, -0.05) is 12.1 Å². The number of hydrogen-bond acceptors (Lipinski definition) is 4. The van der Waals surface area contributed by atoms with Crippen LogP contribution in [0.15, 0.2) is 24.3 Å². The lowest BCUT2D eigenvalue weighted by Crippen LogP contribution is -2.24. The number of alkyl halides is 3. The maximum atomic E-state index is 12.8. The van der Waals surface area contributed by atoms with Crippen molar-refractivity contribution in [3.8, 4) is 11.4 Å². The highest BCUT2D eigenvalue weighted by Crippen LogP contribution is 2.32. The summed E-state index contributed by atoms with van der Waals surface area (Å²) in [5.41, 5.74) is -0.414. The highest BCUT2D eigenvalue weighted by atomic mass is 19.4. The zero-order chi connectivity index (χ0) is 15.0. The van der Waals surface area contributed by atoms with Crippen LogP contribution in [0.1, 0.15) is 26.6 Å². The highest BCUT2D eigenvalue weighted by Gasteiger charge is 2.39.